The summed E-state index contributed by atoms with van der Waals surface area (Å²) in [6.07, 6.45) is 3.03. The van der Waals surface area contributed by atoms with Crippen molar-refractivity contribution in [2.45, 2.75) is 20.4 Å². The highest BCUT2D eigenvalue weighted by Gasteiger charge is 2.08. The number of anilines is 1. The number of hydrogen-bond donors (Lipinski definition) is 2. The molecule has 0 bridgehead atoms. The summed E-state index contributed by atoms with van der Waals surface area (Å²) >= 11 is 0. The minimum Gasteiger partial charge on any atom is -0.369 e. The number of aromatic nitrogens is 3. The molecule has 0 atom stereocenters. The van der Waals surface area contributed by atoms with Crippen LogP contribution in [0.4, 0.5) is 5.82 Å². The summed E-state index contributed by atoms with van der Waals surface area (Å²) < 4.78 is 0. The Morgan fingerprint density at radius 3 is 2.85 bits per heavy atom. The van der Waals surface area contributed by atoms with Gasteiger partial charge in [-0.2, -0.15) is 0 Å². The molecule has 0 aliphatic carbocycles. The van der Waals surface area contributed by atoms with Crippen molar-refractivity contribution in [2.75, 3.05) is 11.9 Å². The normalized spacial score (nSPS) is 10.1. The van der Waals surface area contributed by atoms with E-state index in [-0.39, 0.29) is 11.6 Å². The second kappa shape index (κ2) is 6.60. The zero-order chi connectivity index (χ0) is 14.4. The zero-order valence-corrected chi connectivity index (χ0v) is 11.6. The molecule has 0 radical (unpaired) electrons. The molecule has 6 heteroatoms. The lowest BCUT2D eigenvalue weighted by Crippen LogP contribution is -2.24. The lowest BCUT2D eigenvalue weighted by Gasteiger charge is -2.06. The van der Waals surface area contributed by atoms with Crippen LogP contribution in [0.15, 0.2) is 30.6 Å². The fourth-order valence-corrected chi connectivity index (χ4v) is 1.70. The summed E-state index contributed by atoms with van der Waals surface area (Å²) in [7, 11) is 0. The smallest absolute Gasteiger partial charge is 0.271 e. The molecule has 0 fully saturated rings. The highest BCUT2D eigenvalue weighted by Crippen LogP contribution is 2.02. The molecule has 1 amide bonds. The van der Waals surface area contributed by atoms with Crippen LogP contribution in [0.5, 0.6) is 0 Å². The summed E-state index contributed by atoms with van der Waals surface area (Å²) in [6, 6.07) is 5.69. The lowest BCUT2D eigenvalue weighted by molar-refractivity contribution is 0.0945. The largest absolute Gasteiger partial charge is 0.369 e. The van der Waals surface area contributed by atoms with Gasteiger partial charge < -0.3 is 10.6 Å². The number of nitrogens with zero attached hydrogens (tertiary/aromatic N) is 3. The zero-order valence-electron chi connectivity index (χ0n) is 11.6. The highest BCUT2D eigenvalue weighted by molar-refractivity contribution is 5.92. The van der Waals surface area contributed by atoms with E-state index in [9.17, 15) is 4.79 Å². The quantitative estimate of drug-likeness (QED) is 0.862. The van der Waals surface area contributed by atoms with Gasteiger partial charge in [0.25, 0.3) is 5.91 Å². The first-order chi connectivity index (χ1) is 9.69. The molecule has 2 heterocycles. The SMILES string of the molecule is CCNc1cncc(C(=O)NCc2cccc(C)n2)n1. The van der Waals surface area contributed by atoms with Gasteiger partial charge in [-0.15, -0.1) is 0 Å². The maximum absolute atomic E-state index is 12.0. The number of aryl methyl sites for hydroxylation is 1. The maximum Gasteiger partial charge on any atom is 0.271 e. The number of rotatable bonds is 5. The van der Waals surface area contributed by atoms with Gasteiger partial charge in [0.2, 0.25) is 0 Å². The van der Waals surface area contributed by atoms with E-state index in [1.807, 2.05) is 32.0 Å². The molecule has 2 rings (SSSR count). The van der Waals surface area contributed by atoms with E-state index in [2.05, 4.69) is 25.6 Å². The van der Waals surface area contributed by atoms with E-state index in [0.717, 1.165) is 17.9 Å². The molecule has 2 N–H and O–H groups in total. The third kappa shape index (κ3) is 3.74. The predicted octanol–water partition coefficient (Wildman–Crippen LogP) is 1.54. The summed E-state index contributed by atoms with van der Waals surface area (Å²) in [6.45, 7) is 4.97. The van der Waals surface area contributed by atoms with Crippen LogP contribution in [0.1, 0.15) is 28.8 Å². The summed E-state index contributed by atoms with van der Waals surface area (Å²) in [5, 5.41) is 5.80. The number of carbonyl (C=O) groups excluding carboxylic acids is 1. The van der Waals surface area contributed by atoms with Crippen molar-refractivity contribution < 1.29 is 4.79 Å². The molecule has 0 aliphatic heterocycles. The lowest BCUT2D eigenvalue weighted by atomic mass is 10.3. The van der Waals surface area contributed by atoms with Gasteiger partial charge in [-0.3, -0.25) is 14.8 Å². The van der Waals surface area contributed by atoms with Crippen molar-refractivity contribution in [3.05, 3.63) is 47.7 Å². The van der Waals surface area contributed by atoms with Crippen LogP contribution in [0.3, 0.4) is 0 Å². The minimum atomic E-state index is -0.263. The Morgan fingerprint density at radius 1 is 1.25 bits per heavy atom. The van der Waals surface area contributed by atoms with Crippen molar-refractivity contribution in [3.63, 3.8) is 0 Å². The van der Waals surface area contributed by atoms with E-state index in [1.54, 1.807) is 6.20 Å². The van der Waals surface area contributed by atoms with Gasteiger partial charge in [-0.05, 0) is 26.0 Å². The molecule has 20 heavy (non-hydrogen) atoms. The van der Waals surface area contributed by atoms with Crippen molar-refractivity contribution >= 4 is 11.7 Å². The van der Waals surface area contributed by atoms with Crippen LogP contribution in [0, 0.1) is 6.92 Å². The Morgan fingerprint density at radius 2 is 2.10 bits per heavy atom. The molecule has 0 aromatic carbocycles. The standard InChI is InChI=1S/C14H17N5O/c1-3-16-13-9-15-8-12(19-13)14(20)17-7-11-6-4-5-10(2)18-11/h4-6,8-9H,3,7H2,1-2H3,(H,16,19)(H,17,20). The average Bonchev–Trinajstić information content (AvgIpc) is 2.45. The van der Waals surface area contributed by atoms with E-state index < -0.39 is 0 Å². The third-order valence-corrected chi connectivity index (χ3v) is 2.60. The molecular formula is C14H17N5O. The first-order valence-corrected chi connectivity index (χ1v) is 6.45. The molecule has 2 aromatic heterocycles. The topological polar surface area (TPSA) is 79.8 Å². The summed E-state index contributed by atoms with van der Waals surface area (Å²) in [5.41, 5.74) is 2.02. The predicted molar refractivity (Wildman–Crippen MR) is 76.3 cm³/mol. The first kappa shape index (κ1) is 13.9. The fourth-order valence-electron chi connectivity index (χ4n) is 1.70. The number of nitrogens with one attached hydrogen (secondary N) is 2. The van der Waals surface area contributed by atoms with Crippen molar-refractivity contribution in [2.24, 2.45) is 0 Å². The number of hydrogen-bond acceptors (Lipinski definition) is 5. The second-order valence-electron chi connectivity index (χ2n) is 4.27. The molecule has 0 aliphatic rings. The van der Waals surface area contributed by atoms with Gasteiger partial charge in [0, 0.05) is 12.2 Å². The number of amides is 1. The monoisotopic (exact) mass is 271 g/mol. The minimum absolute atomic E-state index is 0.263. The van der Waals surface area contributed by atoms with Crippen molar-refractivity contribution in [1.82, 2.24) is 20.3 Å². The molecule has 0 spiro atoms. The van der Waals surface area contributed by atoms with Gasteiger partial charge in [-0.25, -0.2) is 4.98 Å². The Bertz CT molecular complexity index is 600. The fraction of sp³-hybridized carbons (Fsp3) is 0.286. The maximum atomic E-state index is 12.0. The Hall–Kier alpha value is -2.50. The average molecular weight is 271 g/mol. The molecule has 0 unspecified atom stereocenters. The van der Waals surface area contributed by atoms with Crippen LogP contribution < -0.4 is 10.6 Å². The van der Waals surface area contributed by atoms with E-state index in [0.29, 0.717) is 12.4 Å². The molecule has 0 saturated carbocycles. The van der Waals surface area contributed by atoms with E-state index in [1.165, 1.54) is 6.20 Å². The number of pyridine rings is 1. The molecule has 0 saturated heterocycles. The number of carbonyl (C=O) groups is 1. The molecule has 6 nitrogen and oxygen atoms in total. The first-order valence-electron chi connectivity index (χ1n) is 6.45. The van der Waals surface area contributed by atoms with Crippen LogP contribution in [-0.4, -0.2) is 27.4 Å². The van der Waals surface area contributed by atoms with Crippen LogP contribution >= 0.6 is 0 Å². The van der Waals surface area contributed by atoms with Crippen LogP contribution in [0.2, 0.25) is 0 Å². The second-order valence-corrected chi connectivity index (χ2v) is 4.27. The summed E-state index contributed by atoms with van der Waals surface area (Å²) in [4.78, 5) is 24.5. The Balaban J connectivity index is 1.99. The van der Waals surface area contributed by atoms with Crippen molar-refractivity contribution in [1.29, 1.82) is 0 Å². The molecule has 2 aromatic rings. The van der Waals surface area contributed by atoms with E-state index >= 15 is 0 Å². The van der Waals surface area contributed by atoms with Gasteiger partial charge in [0.15, 0.2) is 0 Å². The van der Waals surface area contributed by atoms with Crippen molar-refractivity contribution in [3.8, 4) is 0 Å². The third-order valence-electron chi connectivity index (χ3n) is 2.60. The molecular weight excluding hydrogens is 254 g/mol. The highest BCUT2D eigenvalue weighted by atomic mass is 16.1. The van der Waals surface area contributed by atoms with Gasteiger partial charge in [-0.1, -0.05) is 6.07 Å². The van der Waals surface area contributed by atoms with Crippen LogP contribution in [-0.2, 0) is 6.54 Å². The Labute approximate surface area is 117 Å². The molecule has 104 valence electrons. The van der Waals surface area contributed by atoms with Gasteiger partial charge >= 0.3 is 0 Å². The van der Waals surface area contributed by atoms with Gasteiger partial charge in [0.1, 0.15) is 11.5 Å². The van der Waals surface area contributed by atoms with E-state index in [4.69, 9.17) is 0 Å². The summed E-state index contributed by atoms with van der Waals surface area (Å²) in [5.74, 6) is 0.328. The van der Waals surface area contributed by atoms with Crippen LogP contribution in [0.25, 0.3) is 0 Å². The Kier molecular flexibility index (Phi) is 4.60. The van der Waals surface area contributed by atoms with Gasteiger partial charge in [0.05, 0.1) is 24.6 Å².